The van der Waals surface area contributed by atoms with Crippen molar-refractivity contribution in [3.63, 3.8) is 0 Å². The fourth-order valence-corrected chi connectivity index (χ4v) is 4.23. The van der Waals surface area contributed by atoms with Crippen molar-refractivity contribution in [2.45, 2.75) is 46.2 Å². The average Bonchev–Trinajstić information content (AvgIpc) is 2.83. The zero-order chi connectivity index (χ0) is 14.5. The van der Waals surface area contributed by atoms with Gasteiger partial charge in [0.15, 0.2) is 0 Å². The quantitative estimate of drug-likeness (QED) is 0.782. The van der Waals surface area contributed by atoms with Crippen LogP contribution in [0.5, 0.6) is 0 Å². The van der Waals surface area contributed by atoms with Gasteiger partial charge < -0.3 is 4.90 Å². The van der Waals surface area contributed by atoms with Crippen LogP contribution < -0.4 is 0 Å². The lowest BCUT2D eigenvalue weighted by atomic mass is 10.1. The van der Waals surface area contributed by atoms with E-state index < -0.39 is 0 Å². The number of fused-ring (bicyclic) bond motifs is 1. The van der Waals surface area contributed by atoms with Gasteiger partial charge in [0.1, 0.15) is 0 Å². The van der Waals surface area contributed by atoms with E-state index in [1.54, 1.807) is 0 Å². The van der Waals surface area contributed by atoms with Crippen molar-refractivity contribution in [2.24, 2.45) is 17.8 Å². The Kier molecular flexibility index (Phi) is 3.89. The molecule has 3 heteroatoms. The van der Waals surface area contributed by atoms with Crippen LogP contribution in [-0.4, -0.2) is 72.1 Å². The van der Waals surface area contributed by atoms with Crippen molar-refractivity contribution in [1.29, 1.82) is 0 Å². The summed E-state index contributed by atoms with van der Waals surface area (Å²) in [7, 11) is 0. The predicted molar refractivity (Wildman–Crippen MR) is 84.9 cm³/mol. The highest BCUT2D eigenvalue weighted by molar-refractivity contribution is 5.08. The van der Waals surface area contributed by atoms with Gasteiger partial charge in [-0.1, -0.05) is 0 Å². The van der Waals surface area contributed by atoms with Gasteiger partial charge in [-0.2, -0.15) is 0 Å². The topological polar surface area (TPSA) is 9.72 Å². The van der Waals surface area contributed by atoms with Crippen LogP contribution in [-0.2, 0) is 0 Å². The normalized spacial score (nSPS) is 36.6. The molecule has 3 rings (SSSR count). The first-order chi connectivity index (χ1) is 9.36. The molecule has 0 aromatic carbocycles. The largest absolute Gasteiger partial charge is 0.300 e. The van der Waals surface area contributed by atoms with Crippen LogP contribution in [0.3, 0.4) is 0 Å². The molecule has 116 valence electrons. The molecular weight excluding hydrogens is 246 g/mol. The van der Waals surface area contributed by atoms with Crippen LogP contribution in [0, 0.1) is 17.8 Å². The Morgan fingerprint density at radius 3 is 1.95 bits per heavy atom. The van der Waals surface area contributed by atoms with E-state index in [4.69, 9.17) is 0 Å². The van der Waals surface area contributed by atoms with Crippen molar-refractivity contribution in [1.82, 2.24) is 14.7 Å². The van der Waals surface area contributed by atoms with Crippen molar-refractivity contribution >= 4 is 0 Å². The number of likely N-dealkylation sites (tertiary alicyclic amines) is 1. The Bertz CT molecular complexity index is 327. The number of nitrogens with zero attached hydrogens (tertiary/aromatic N) is 3. The summed E-state index contributed by atoms with van der Waals surface area (Å²) in [5, 5.41) is 0. The zero-order valence-electron chi connectivity index (χ0n) is 14.1. The molecule has 2 heterocycles. The van der Waals surface area contributed by atoms with E-state index in [1.807, 2.05) is 0 Å². The highest BCUT2D eigenvalue weighted by Gasteiger charge is 2.57. The first-order valence-corrected chi connectivity index (χ1v) is 8.57. The zero-order valence-corrected chi connectivity index (χ0v) is 14.1. The molecule has 20 heavy (non-hydrogen) atoms. The van der Waals surface area contributed by atoms with Gasteiger partial charge in [0.2, 0.25) is 0 Å². The molecule has 0 aromatic rings. The molecule has 3 atom stereocenters. The predicted octanol–water partition coefficient (Wildman–Crippen LogP) is 1.99. The minimum absolute atomic E-state index is 0.376. The molecule has 3 nitrogen and oxygen atoms in total. The third kappa shape index (κ3) is 2.90. The number of hydrogen-bond acceptors (Lipinski definition) is 3. The lowest BCUT2D eigenvalue weighted by Gasteiger charge is -2.38. The van der Waals surface area contributed by atoms with Gasteiger partial charge >= 0.3 is 0 Å². The summed E-state index contributed by atoms with van der Waals surface area (Å²) in [6, 6.07) is 0.720. The van der Waals surface area contributed by atoms with Crippen molar-refractivity contribution < 1.29 is 0 Å². The molecule has 2 saturated heterocycles. The summed E-state index contributed by atoms with van der Waals surface area (Å²) >= 11 is 0. The van der Waals surface area contributed by atoms with Crippen LogP contribution in [0.15, 0.2) is 0 Å². The molecule has 1 unspecified atom stereocenters. The highest BCUT2D eigenvalue weighted by atomic mass is 15.3. The molecule has 2 aliphatic heterocycles. The van der Waals surface area contributed by atoms with E-state index >= 15 is 0 Å². The third-order valence-electron chi connectivity index (χ3n) is 5.93. The summed E-state index contributed by atoms with van der Waals surface area (Å²) < 4.78 is 0. The maximum absolute atomic E-state index is 2.73. The Morgan fingerprint density at radius 1 is 0.950 bits per heavy atom. The van der Waals surface area contributed by atoms with Gasteiger partial charge in [-0.15, -0.1) is 0 Å². The summed E-state index contributed by atoms with van der Waals surface area (Å²) in [5.41, 5.74) is 0.376. The van der Waals surface area contributed by atoms with Crippen LogP contribution in [0.1, 0.15) is 34.6 Å². The van der Waals surface area contributed by atoms with Gasteiger partial charge in [0, 0.05) is 57.4 Å². The van der Waals surface area contributed by atoms with Gasteiger partial charge in [0.25, 0.3) is 0 Å². The fraction of sp³-hybridized carbons (Fsp3) is 1.00. The molecule has 1 saturated carbocycles. The molecule has 0 N–H and O–H groups in total. The van der Waals surface area contributed by atoms with E-state index in [0.29, 0.717) is 5.54 Å². The van der Waals surface area contributed by atoms with Gasteiger partial charge in [0.05, 0.1) is 0 Å². The summed E-state index contributed by atoms with van der Waals surface area (Å²) in [6.45, 7) is 20.9. The molecule has 0 aromatic heterocycles. The van der Waals surface area contributed by atoms with Gasteiger partial charge in [-0.05, 0) is 52.4 Å². The standard InChI is InChI=1S/C17H33N3/c1-13(2)19-8-6-18(7-9-19)10-14-15-11-20(12-16(14)15)17(3,4)5/h13-16H,6-12H2,1-5H3/t14?,15-,16+. The van der Waals surface area contributed by atoms with E-state index in [1.165, 1.54) is 45.8 Å². The summed E-state index contributed by atoms with van der Waals surface area (Å²) in [6.07, 6.45) is 0. The van der Waals surface area contributed by atoms with Gasteiger partial charge in [-0.25, -0.2) is 0 Å². The molecule has 0 radical (unpaired) electrons. The first-order valence-electron chi connectivity index (χ1n) is 8.57. The lowest BCUT2D eigenvalue weighted by Crippen LogP contribution is -2.49. The molecule has 3 aliphatic rings. The third-order valence-corrected chi connectivity index (χ3v) is 5.93. The fourth-order valence-electron chi connectivity index (χ4n) is 4.23. The Labute approximate surface area is 125 Å². The number of piperidine rings is 1. The smallest absolute Gasteiger partial charge is 0.0125 e. The monoisotopic (exact) mass is 279 g/mol. The molecule has 1 aliphatic carbocycles. The Morgan fingerprint density at radius 2 is 1.50 bits per heavy atom. The molecule has 0 bridgehead atoms. The van der Waals surface area contributed by atoms with Crippen LogP contribution >= 0.6 is 0 Å². The van der Waals surface area contributed by atoms with Crippen molar-refractivity contribution in [2.75, 3.05) is 45.8 Å². The van der Waals surface area contributed by atoms with Gasteiger partial charge in [-0.3, -0.25) is 9.80 Å². The maximum atomic E-state index is 2.73. The van der Waals surface area contributed by atoms with Crippen molar-refractivity contribution in [3.05, 3.63) is 0 Å². The summed E-state index contributed by atoms with van der Waals surface area (Å²) in [4.78, 5) is 8.03. The van der Waals surface area contributed by atoms with E-state index in [2.05, 4.69) is 49.3 Å². The molecule has 0 spiro atoms. The summed E-state index contributed by atoms with van der Waals surface area (Å²) in [5.74, 6) is 3.04. The Balaban J connectivity index is 1.41. The minimum atomic E-state index is 0.376. The van der Waals surface area contributed by atoms with Crippen molar-refractivity contribution in [3.8, 4) is 0 Å². The number of hydrogen-bond donors (Lipinski definition) is 0. The van der Waals surface area contributed by atoms with E-state index in [9.17, 15) is 0 Å². The Hall–Kier alpha value is -0.120. The van der Waals surface area contributed by atoms with E-state index in [0.717, 1.165) is 23.8 Å². The second-order valence-electron chi connectivity index (χ2n) is 8.50. The second-order valence-corrected chi connectivity index (χ2v) is 8.50. The average molecular weight is 279 g/mol. The van der Waals surface area contributed by atoms with Crippen LogP contribution in [0.4, 0.5) is 0 Å². The van der Waals surface area contributed by atoms with Crippen LogP contribution in [0.25, 0.3) is 0 Å². The lowest BCUT2D eigenvalue weighted by molar-refractivity contribution is 0.0946. The van der Waals surface area contributed by atoms with Crippen LogP contribution in [0.2, 0.25) is 0 Å². The highest BCUT2D eigenvalue weighted by Crippen LogP contribution is 2.53. The molecule has 3 fully saturated rings. The minimum Gasteiger partial charge on any atom is -0.300 e. The molecular formula is C17H33N3. The number of rotatable bonds is 3. The first kappa shape index (κ1) is 14.8. The number of piperazine rings is 1. The maximum Gasteiger partial charge on any atom is 0.0125 e. The van der Waals surface area contributed by atoms with E-state index in [-0.39, 0.29) is 0 Å². The SMILES string of the molecule is CC(C)N1CCN(CC2[C@H]3CN(C(C)(C)C)C[C@@H]23)CC1. The molecule has 0 amide bonds. The second kappa shape index (κ2) is 5.26.